The van der Waals surface area contributed by atoms with E-state index in [4.69, 9.17) is 0 Å². The SMILES string of the molecule is O=S(=O)=C1C=CN=CC1. The second-order valence-electron chi connectivity index (χ2n) is 1.55. The quantitative estimate of drug-likeness (QED) is 0.449. The second-order valence-corrected chi connectivity index (χ2v) is 2.55. The molecule has 0 amide bonds. The van der Waals surface area contributed by atoms with Crippen molar-refractivity contribution in [2.45, 2.75) is 6.42 Å². The van der Waals surface area contributed by atoms with Gasteiger partial charge in [0.15, 0.2) is 0 Å². The molecule has 0 aromatic rings. The van der Waals surface area contributed by atoms with E-state index in [1.165, 1.54) is 12.3 Å². The fourth-order valence-corrected chi connectivity index (χ4v) is 0.904. The molecule has 48 valence electrons. The number of nitrogens with zero attached hydrogens (tertiary/aromatic N) is 1. The molecule has 0 bridgehead atoms. The van der Waals surface area contributed by atoms with Crippen molar-refractivity contribution in [2.75, 3.05) is 0 Å². The van der Waals surface area contributed by atoms with E-state index in [2.05, 4.69) is 4.99 Å². The van der Waals surface area contributed by atoms with Gasteiger partial charge in [-0.1, -0.05) is 0 Å². The van der Waals surface area contributed by atoms with Crippen LogP contribution in [0.5, 0.6) is 0 Å². The Bertz CT molecular complexity index is 276. The second kappa shape index (κ2) is 2.59. The summed E-state index contributed by atoms with van der Waals surface area (Å²) in [6.07, 6.45) is 4.94. The maximum atomic E-state index is 10.2. The first-order valence-corrected chi connectivity index (χ1v) is 3.51. The Labute approximate surface area is 54.3 Å². The average Bonchev–Trinajstić information content (AvgIpc) is 1.90. The summed E-state index contributed by atoms with van der Waals surface area (Å²) < 4.78 is 20.4. The van der Waals surface area contributed by atoms with Crippen LogP contribution in [0.25, 0.3) is 0 Å². The van der Waals surface area contributed by atoms with Gasteiger partial charge in [-0.2, -0.15) is 8.42 Å². The molecule has 3 nitrogen and oxygen atoms in total. The zero-order valence-corrected chi connectivity index (χ0v) is 5.43. The van der Waals surface area contributed by atoms with E-state index in [-0.39, 0.29) is 0 Å². The van der Waals surface area contributed by atoms with Crippen LogP contribution in [0, 0.1) is 0 Å². The predicted molar refractivity (Wildman–Crippen MR) is 36.2 cm³/mol. The van der Waals surface area contributed by atoms with Gasteiger partial charge in [0, 0.05) is 18.8 Å². The highest BCUT2D eigenvalue weighted by Crippen LogP contribution is 1.91. The molecule has 0 aromatic carbocycles. The van der Waals surface area contributed by atoms with Crippen LogP contribution in [0.3, 0.4) is 0 Å². The molecular formula is C5H5NO2S. The number of rotatable bonds is 0. The summed E-state index contributed by atoms with van der Waals surface area (Å²) in [5.41, 5.74) is 0. The van der Waals surface area contributed by atoms with Crippen LogP contribution in [0.15, 0.2) is 17.3 Å². The van der Waals surface area contributed by atoms with Gasteiger partial charge >= 0.3 is 0 Å². The summed E-state index contributed by atoms with van der Waals surface area (Å²) in [5.74, 6) is 0. The summed E-state index contributed by atoms with van der Waals surface area (Å²) in [7, 11) is -2.06. The van der Waals surface area contributed by atoms with Gasteiger partial charge in [-0.25, -0.2) is 0 Å². The first-order chi connectivity index (χ1) is 4.30. The van der Waals surface area contributed by atoms with Gasteiger partial charge < -0.3 is 0 Å². The normalized spacial score (nSPS) is 16.2. The van der Waals surface area contributed by atoms with Crippen LogP contribution >= 0.6 is 0 Å². The number of aliphatic imine (C=N–C) groups is 1. The smallest absolute Gasteiger partial charge is 0.217 e. The van der Waals surface area contributed by atoms with Gasteiger partial charge in [0.05, 0.1) is 4.86 Å². The Morgan fingerprint density at radius 3 is 2.67 bits per heavy atom. The fourth-order valence-electron chi connectivity index (χ4n) is 0.521. The summed E-state index contributed by atoms with van der Waals surface area (Å²) in [6.45, 7) is 0. The molecule has 0 atom stereocenters. The van der Waals surface area contributed by atoms with Crippen LogP contribution in [0.1, 0.15) is 6.42 Å². The van der Waals surface area contributed by atoms with Crippen molar-refractivity contribution in [1.82, 2.24) is 0 Å². The van der Waals surface area contributed by atoms with Crippen LogP contribution in [0.4, 0.5) is 0 Å². The van der Waals surface area contributed by atoms with Crippen LogP contribution in [0.2, 0.25) is 0 Å². The van der Waals surface area contributed by atoms with Crippen molar-refractivity contribution in [1.29, 1.82) is 0 Å². The third-order valence-corrected chi connectivity index (χ3v) is 1.69. The Morgan fingerprint density at radius 2 is 2.33 bits per heavy atom. The molecule has 0 N–H and O–H groups in total. The lowest BCUT2D eigenvalue weighted by Gasteiger charge is -1.91. The lowest BCUT2D eigenvalue weighted by atomic mass is 10.3. The van der Waals surface area contributed by atoms with Crippen molar-refractivity contribution in [2.24, 2.45) is 4.99 Å². The van der Waals surface area contributed by atoms with Gasteiger partial charge in [-0.05, 0) is 6.08 Å². The molecular weight excluding hydrogens is 138 g/mol. The molecule has 1 aliphatic heterocycles. The Hall–Kier alpha value is -0.900. The van der Waals surface area contributed by atoms with E-state index < -0.39 is 10.3 Å². The highest BCUT2D eigenvalue weighted by molar-refractivity contribution is 7.73. The third-order valence-electron chi connectivity index (χ3n) is 0.958. The molecule has 1 aliphatic rings. The number of allylic oxidation sites excluding steroid dienone is 1. The zero-order valence-electron chi connectivity index (χ0n) is 4.61. The van der Waals surface area contributed by atoms with Crippen molar-refractivity contribution < 1.29 is 8.42 Å². The van der Waals surface area contributed by atoms with Crippen LogP contribution < -0.4 is 0 Å². The molecule has 0 saturated carbocycles. The molecule has 0 aliphatic carbocycles. The first-order valence-electron chi connectivity index (χ1n) is 2.44. The number of hydrogen-bond donors (Lipinski definition) is 0. The summed E-state index contributed by atoms with van der Waals surface area (Å²) in [5, 5.41) is 0. The molecule has 1 rings (SSSR count). The van der Waals surface area contributed by atoms with Gasteiger partial charge in [0.2, 0.25) is 10.3 Å². The molecule has 4 heteroatoms. The Morgan fingerprint density at radius 1 is 1.56 bits per heavy atom. The minimum Gasteiger partial charge on any atom is -0.269 e. The summed E-state index contributed by atoms with van der Waals surface area (Å²) in [4.78, 5) is 4.10. The van der Waals surface area contributed by atoms with Crippen molar-refractivity contribution in [3.8, 4) is 0 Å². The Balaban J connectivity index is 3.05. The topological polar surface area (TPSA) is 46.5 Å². The van der Waals surface area contributed by atoms with Gasteiger partial charge in [0.25, 0.3) is 0 Å². The van der Waals surface area contributed by atoms with E-state index in [1.54, 1.807) is 6.21 Å². The molecule has 0 saturated heterocycles. The highest BCUT2D eigenvalue weighted by Gasteiger charge is 1.95. The standard InChI is InChI=1S/C5H5NO2S/c7-9(8)5-1-3-6-4-2-5/h1,3-4H,2H2. The monoisotopic (exact) mass is 143 g/mol. The van der Waals surface area contributed by atoms with Crippen LogP contribution in [-0.4, -0.2) is 19.5 Å². The minimum atomic E-state index is -2.06. The van der Waals surface area contributed by atoms with E-state index in [9.17, 15) is 8.42 Å². The number of hydrogen-bond acceptors (Lipinski definition) is 3. The highest BCUT2D eigenvalue weighted by atomic mass is 32.2. The lowest BCUT2D eigenvalue weighted by molar-refractivity contribution is 0.627. The molecule has 0 unspecified atom stereocenters. The molecule has 0 radical (unpaired) electrons. The molecule has 0 spiro atoms. The van der Waals surface area contributed by atoms with E-state index in [0.29, 0.717) is 11.3 Å². The summed E-state index contributed by atoms with van der Waals surface area (Å²) >= 11 is 0. The zero-order chi connectivity index (χ0) is 6.69. The van der Waals surface area contributed by atoms with Gasteiger partial charge in [0.1, 0.15) is 0 Å². The molecule has 0 fully saturated rings. The van der Waals surface area contributed by atoms with E-state index in [1.807, 2.05) is 0 Å². The first kappa shape index (κ1) is 6.22. The van der Waals surface area contributed by atoms with Crippen molar-refractivity contribution in [3.63, 3.8) is 0 Å². The van der Waals surface area contributed by atoms with Gasteiger partial charge in [-0.3, -0.25) is 4.99 Å². The van der Waals surface area contributed by atoms with Gasteiger partial charge in [-0.15, -0.1) is 0 Å². The van der Waals surface area contributed by atoms with E-state index in [0.717, 1.165) is 0 Å². The molecule has 0 aromatic heterocycles. The third kappa shape index (κ3) is 1.50. The van der Waals surface area contributed by atoms with Crippen molar-refractivity contribution >= 4 is 21.4 Å². The fraction of sp³-hybridized carbons (Fsp3) is 0.200. The van der Waals surface area contributed by atoms with Crippen LogP contribution in [-0.2, 0) is 10.3 Å². The summed E-state index contributed by atoms with van der Waals surface area (Å²) in [6, 6.07) is 0. The Kier molecular flexibility index (Phi) is 1.79. The van der Waals surface area contributed by atoms with Crippen molar-refractivity contribution in [3.05, 3.63) is 12.3 Å². The minimum absolute atomic E-state index is 0.394. The maximum Gasteiger partial charge on any atom is 0.217 e. The predicted octanol–water partition coefficient (Wildman–Crippen LogP) is 0.0261. The molecule has 9 heavy (non-hydrogen) atoms. The van der Waals surface area contributed by atoms with E-state index >= 15 is 0 Å². The largest absolute Gasteiger partial charge is 0.269 e. The lowest BCUT2D eigenvalue weighted by Crippen LogP contribution is -1.98. The molecule has 1 heterocycles. The average molecular weight is 143 g/mol. The maximum absolute atomic E-state index is 10.2.